The SMILES string of the molecule is C=CC1=C(/C=C\C)C(C(/C=C\C)=C/C)(c2ccccc2)c2ccc(Cc3cccc(-c4cccc(/C5=C/C(=C)SC(/C=C\C)=C(C)C=C5C)c4)c3)cc21.Cc1ccccc1.c1ccccc1. The first kappa shape index (κ1) is 48.5. The maximum atomic E-state index is 4.39. The average molecular weight is 877 g/mol. The lowest BCUT2D eigenvalue weighted by Crippen LogP contribution is -2.30. The summed E-state index contributed by atoms with van der Waals surface area (Å²) in [7, 11) is 0. The summed E-state index contributed by atoms with van der Waals surface area (Å²) in [5.41, 5.74) is 18.3. The molecule has 0 N–H and O–H groups in total. The standard InChI is InChI=1S/C52H50S.C7H8.C6H6/c1-9-19-44(12-4)52(45-26-15-14-16-27-45)49(20-10-2)46(13-5)48-34-40(28-29-50(48)52)32-39-22-17-23-41(33-39)42-24-18-25-43(35-42)47-31-38(8)53-51(21-11-3)37(7)30-36(47)6;1-7-5-3-2-4-6-7;1-2-4-6-5-3-1/h9-31,33-35H,5,8,32H2,1-4,6-7H3;2-6H,1H3;1-6H/b19-9-,20-10-,21-11-,36-30?,44-12+,47-31+,51-37?;;. The van der Waals surface area contributed by atoms with E-state index in [1.165, 1.54) is 88.4 Å². The van der Waals surface area contributed by atoms with Crippen molar-refractivity contribution in [2.45, 2.75) is 60.3 Å². The van der Waals surface area contributed by atoms with Gasteiger partial charge in [-0.05, 0) is 145 Å². The number of thioether (sulfide) groups is 1. The zero-order valence-electron chi connectivity index (χ0n) is 39.9. The highest BCUT2D eigenvalue weighted by Gasteiger charge is 2.46. The first-order valence-electron chi connectivity index (χ1n) is 23.0. The smallest absolute Gasteiger partial charge is 0.0710 e. The van der Waals surface area contributed by atoms with Crippen LogP contribution in [0.4, 0.5) is 0 Å². The van der Waals surface area contributed by atoms with Gasteiger partial charge in [-0.1, -0.05) is 243 Å². The van der Waals surface area contributed by atoms with Gasteiger partial charge in [0.25, 0.3) is 0 Å². The minimum atomic E-state index is -0.439. The lowest BCUT2D eigenvalue weighted by molar-refractivity contribution is 0.757. The van der Waals surface area contributed by atoms with Gasteiger partial charge in [-0.25, -0.2) is 0 Å². The summed E-state index contributed by atoms with van der Waals surface area (Å²) in [5.74, 6) is 0. The monoisotopic (exact) mass is 876 g/mol. The normalized spacial score (nSPS) is 17.0. The maximum Gasteiger partial charge on any atom is 0.0710 e. The van der Waals surface area contributed by atoms with Crippen LogP contribution in [0.3, 0.4) is 0 Å². The summed E-state index contributed by atoms with van der Waals surface area (Å²) in [6, 6.07) is 58.2. The number of aryl methyl sites for hydroxylation is 1. The molecule has 1 aliphatic carbocycles. The quantitative estimate of drug-likeness (QED) is 0.124. The highest BCUT2D eigenvalue weighted by Crippen LogP contribution is 2.56. The van der Waals surface area contributed by atoms with Crippen LogP contribution in [-0.2, 0) is 11.8 Å². The Morgan fingerprint density at radius 2 is 1.18 bits per heavy atom. The van der Waals surface area contributed by atoms with Gasteiger partial charge in [-0.15, -0.1) is 0 Å². The summed E-state index contributed by atoms with van der Waals surface area (Å²) in [5, 5.41) is 0. The number of allylic oxidation sites excluding steroid dienone is 16. The van der Waals surface area contributed by atoms with Gasteiger partial charge in [0.05, 0.1) is 5.41 Å². The molecule has 330 valence electrons. The third-order valence-electron chi connectivity index (χ3n) is 11.9. The zero-order valence-corrected chi connectivity index (χ0v) is 40.7. The molecule has 1 atom stereocenters. The predicted molar refractivity (Wildman–Crippen MR) is 292 cm³/mol. The first-order chi connectivity index (χ1) is 32.2. The van der Waals surface area contributed by atoms with E-state index in [-0.39, 0.29) is 0 Å². The van der Waals surface area contributed by atoms with Gasteiger partial charge in [-0.2, -0.15) is 0 Å². The average Bonchev–Trinajstić information content (AvgIpc) is 3.62. The largest absolute Gasteiger partial charge is 0.0984 e. The third-order valence-corrected chi connectivity index (χ3v) is 12.9. The summed E-state index contributed by atoms with van der Waals surface area (Å²) >= 11 is 1.73. The Labute approximate surface area is 401 Å². The molecule has 0 saturated carbocycles. The fraction of sp³-hybridized carbons (Fsp3) is 0.138. The van der Waals surface area contributed by atoms with Crippen molar-refractivity contribution in [2.75, 3.05) is 0 Å². The molecule has 0 amide bonds. The fourth-order valence-electron chi connectivity index (χ4n) is 8.95. The molecule has 66 heavy (non-hydrogen) atoms. The highest BCUT2D eigenvalue weighted by atomic mass is 32.2. The van der Waals surface area contributed by atoms with E-state index >= 15 is 0 Å². The van der Waals surface area contributed by atoms with Gasteiger partial charge in [0.2, 0.25) is 0 Å². The van der Waals surface area contributed by atoms with Gasteiger partial charge in [-0.3, -0.25) is 0 Å². The van der Waals surface area contributed by atoms with Gasteiger partial charge >= 0.3 is 0 Å². The van der Waals surface area contributed by atoms with E-state index < -0.39 is 5.41 Å². The summed E-state index contributed by atoms with van der Waals surface area (Å²) in [4.78, 5) is 2.28. The molecular formula is C65H64S. The Morgan fingerprint density at radius 1 is 0.591 bits per heavy atom. The summed E-state index contributed by atoms with van der Waals surface area (Å²) < 4.78 is 0. The molecule has 0 saturated heterocycles. The molecule has 1 heterocycles. The molecule has 1 heteroatoms. The number of hydrogen-bond donors (Lipinski definition) is 0. The van der Waals surface area contributed by atoms with Crippen molar-refractivity contribution in [2.24, 2.45) is 0 Å². The van der Waals surface area contributed by atoms with E-state index in [4.69, 9.17) is 0 Å². The van der Waals surface area contributed by atoms with Crippen LogP contribution < -0.4 is 0 Å². The van der Waals surface area contributed by atoms with E-state index in [2.05, 4.69) is 226 Å². The second-order valence-corrected chi connectivity index (χ2v) is 17.7. The van der Waals surface area contributed by atoms with E-state index in [0.29, 0.717) is 0 Å². The van der Waals surface area contributed by atoms with Crippen LogP contribution in [0.25, 0.3) is 22.3 Å². The lowest BCUT2D eigenvalue weighted by atomic mass is 9.66. The van der Waals surface area contributed by atoms with E-state index in [0.717, 1.165) is 11.3 Å². The summed E-state index contributed by atoms with van der Waals surface area (Å²) in [6.07, 6.45) is 22.8. The van der Waals surface area contributed by atoms with Crippen LogP contribution in [0.15, 0.2) is 270 Å². The Hall–Kier alpha value is -6.93. The van der Waals surface area contributed by atoms with Crippen molar-refractivity contribution >= 4 is 22.9 Å². The van der Waals surface area contributed by atoms with Gasteiger partial charge in [0, 0.05) is 9.81 Å². The van der Waals surface area contributed by atoms with Crippen LogP contribution in [0, 0.1) is 6.92 Å². The Morgan fingerprint density at radius 3 is 1.77 bits per heavy atom. The summed E-state index contributed by atoms with van der Waals surface area (Å²) in [6.45, 7) is 23.6. The van der Waals surface area contributed by atoms with Crippen molar-refractivity contribution in [1.29, 1.82) is 0 Å². The zero-order chi connectivity index (χ0) is 46.9. The molecule has 1 aliphatic heterocycles. The van der Waals surface area contributed by atoms with Crippen LogP contribution in [0.1, 0.15) is 80.5 Å². The Balaban J connectivity index is 0.000000475. The fourth-order valence-corrected chi connectivity index (χ4v) is 9.83. The Kier molecular flexibility index (Phi) is 17.5. The van der Waals surface area contributed by atoms with E-state index in [1.807, 2.05) is 60.7 Å². The molecule has 1 unspecified atom stereocenters. The second kappa shape index (κ2) is 23.8. The molecule has 0 fully saturated rings. The molecule has 0 spiro atoms. The maximum absolute atomic E-state index is 4.39. The molecule has 0 radical (unpaired) electrons. The van der Waals surface area contributed by atoms with Crippen LogP contribution in [-0.4, -0.2) is 0 Å². The number of hydrogen-bond acceptors (Lipinski definition) is 1. The van der Waals surface area contributed by atoms with Crippen LogP contribution in [0.5, 0.6) is 0 Å². The molecule has 6 aromatic rings. The minimum absolute atomic E-state index is 0.439. The molecule has 6 aromatic carbocycles. The van der Waals surface area contributed by atoms with Gasteiger partial charge < -0.3 is 0 Å². The van der Waals surface area contributed by atoms with Crippen molar-refractivity contribution in [3.05, 3.63) is 309 Å². The molecular weight excluding hydrogens is 813 g/mol. The van der Waals surface area contributed by atoms with Crippen LogP contribution >= 0.6 is 11.8 Å². The number of rotatable bonds is 10. The topological polar surface area (TPSA) is 0 Å². The number of fused-ring (bicyclic) bond motifs is 1. The number of benzene rings is 6. The molecule has 0 aromatic heterocycles. The predicted octanol–water partition coefficient (Wildman–Crippen LogP) is 18.4. The highest BCUT2D eigenvalue weighted by molar-refractivity contribution is 8.07. The van der Waals surface area contributed by atoms with Crippen molar-refractivity contribution < 1.29 is 0 Å². The van der Waals surface area contributed by atoms with E-state index in [9.17, 15) is 0 Å². The van der Waals surface area contributed by atoms with Crippen molar-refractivity contribution in [3.8, 4) is 11.1 Å². The van der Waals surface area contributed by atoms with Crippen molar-refractivity contribution in [3.63, 3.8) is 0 Å². The van der Waals surface area contributed by atoms with E-state index in [1.54, 1.807) is 11.8 Å². The molecule has 2 aliphatic rings. The first-order valence-corrected chi connectivity index (χ1v) is 23.8. The second-order valence-electron chi connectivity index (χ2n) is 16.5. The molecule has 8 rings (SSSR count). The van der Waals surface area contributed by atoms with Crippen LogP contribution in [0.2, 0.25) is 0 Å². The van der Waals surface area contributed by atoms with Gasteiger partial charge in [0.15, 0.2) is 0 Å². The van der Waals surface area contributed by atoms with Crippen molar-refractivity contribution in [1.82, 2.24) is 0 Å². The van der Waals surface area contributed by atoms with Gasteiger partial charge in [0.1, 0.15) is 0 Å². The minimum Gasteiger partial charge on any atom is -0.0984 e. The lowest BCUT2D eigenvalue weighted by Gasteiger charge is -2.36. The molecule has 0 nitrogen and oxygen atoms in total. The molecule has 0 bridgehead atoms. The third kappa shape index (κ3) is 11.5. The Bertz CT molecular complexity index is 2840.